The molecule has 5 nitrogen and oxygen atoms in total. The highest BCUT2D eigenvalue weighted by Crippen LogP contribution is 2.40. The molecule has 104 valence electrons. The van der Waals surface area contributed by atoms with Crippen molar-refractivity contribution in [2.45, 2.75) is 38.6 Å². The molecule has 0 bridgehead atoms. The van der Waals surface area contributed by atoms with E-state index in [4.69, 9.17) is 4.52 Å². The Morgan fingerprint density at radius 3 is 2.89 bits per heavy atom. The fourth-order valence-electron chi connectivity index (χ4n) is 2.54. The fourth-order valence-corrected chi connectivity index (χ4v) is 2.54. The molecule has 2 fully saturated rings. The summed E-state index contributed by atoms with van der Waals surface area (Å²) in [6.07, 6.45) is 2.31. The first-order valence-corrected chi connectivity index (χ1v) is 7.11. The van der Waals surface area contributed by atoms with E-state index < -0.39 is 0 Å². The molecular formula is C14H21N3O2. The summed E-state index contributed by atoms with van der Waals surface area (Å²) < 4.78 is 5.20. The molecule has 0 radical (unpaired) electrons. The van der Waals surface area contributed by atoms with Gasteiger partial charge in [0.15, 0.2) is 5.69 Å². The van der Waals surface area contributed by atoms with Gasteiger partial charge in [-0.05, 0) is 18.8 Å². The summed E-state index contributed by atoms with van der Waals surface area (Å²) in [5.74, 6) is 1.93. The molecule has 0 atom stereocenters. The number of amides is 1. The van der Waals surface area contributed by atoms with Gasteiger partial charge < -0.3 is 9.84 Å². The number of likely N-dealkylation sites (tertiary alicyclic amines) is 1. The molecular weight excluding hydrogens is 242 g/mol. The fraction of sp³-hybridized carbons (Fsp3) is 0.714. The summed E-state index contributed by atoms with van der Waals surface area (Å²) in [6, 6.07) is 2.05. The lowest BCUT2D eigenvalue weighted by atomic mass is 10.1. The molecule has 0 unspecified atom stereocenters. The van der Waals surface area contributed by atoms with Gasteiger partial charge in [0.05, 0.1) is 6.04 Å². The van der Waals surface area contributed by atoms with Crippen LogP contribution in [0.3, 0.4) is 0 Å². The Morgan fingerprint density at radius 1 is 1.53 bits per heavy atom. The highest BCUT2D eigenvalue weighted by Gasteiger charge is 2.31. The molecule has 1 aromatic heterocycles. The Kier molecular flexibility index (Phi) is 3.31. The molecule has 5 heteroatoms. The van der Waals surface area contributed by atoms with Crippen molar-refractivity contribution in [1.29, 1.82) is 0 Å². The van der Waals surface area contributed by atoms with Gasteiger partial charge in [-0.15, -0.1) is 0 Å². The third-order valence-corrected chi connectivity index (χ3v) is 3.66. The van der Waals surface area contributed by atoms with Crippen LogP contribution in [0.2, 0.25) is 0 Å². The van der Waals surface area contributed by atoms with Crippen molar-refractivity contribution < 1.29 is 9.32 Å². The molecule has 3 rings (SSSR count). The Bertz CT molecular complexity index is 459. The monoisotopic (exact) mass is 263 g/mol. The summed E-state index contributed by atoms with van der Waals surface area (Å²) in [7, 11) is 0. The summed E-state index contributed by atoms with van der Waals surface area (Å²) in [5.41, 5.74) is 0.421. The van der Waals surface area contributed by atoms with E-state index in [-0.39, 0.29) is 11.9 Å². The number of hydrogen-bond acceptors (Lipinski definition) is 4. The van der Waals surface area contributed by atoms with Crippen LogP contribution in [0.15, 0.2) is 10.6 Å². The Morgan fingerprint density at radius 2 is 2.26 bits per heavy atom. The number of carbonyl (C=O) groups is 1. The number of aromatic nitrogens is 1. The van der Waals surface area contributed by atoms with Crippen molar-refractivity contribution in [3.8, 4) is 0 Å². The molecule has 19 heavy (non-hydrogen) atoms. The van der Waals surface area contributed by atoms with E-state index >= 15 is 0 Å². The zero-order valence-electron chi connectivity index (χ0n) is 11.6. The van der Waals surface area contributed by atoms with E-state index in [1.807, 2.05) is 0 Å². The topological polar surface area (TPSA) is 58.4 Å². The lowest BCUT2D eigenvalue weighted by Crippen LogP contribution is -2.59. The van der Waals surface area contributed by atoms with E-state index in [0.717, 1.165) is 38.2 Å². The van der Waals surface area contributed by atoms with Gasteiger partial charge in [0.1, 0.15) is 5.76 Å². The first kappa shape index (κ1) is 12.7. The molecule has 1 aliphatic heterocycles. The second kappa shape index (κ2) is 4.96. The van der Waals surface area contributed by atoms with E-state index in [1.54, 1.807) is 6.07 Å². The lowest BCUT2D eigenvalue weighted by molar-refractivity contribution is 0.0775. The first-order chi connectivity index (χ1) is 9.11. The number of carbonyl (C=O) groups excluding carboxylic acids is 1. The number of rotatable bonds is 5. The molecule has 1 N–H and O–H groups in total. The average Bonchev–Trinajstić information content (AvgIpc) is 3.03. The highest BCUT2D eigenvalue weighted by molar-refractivity contribution is 5.92. The smallest absolute Gasteiger partial charge is 0.273 e. The predicted octanol–water partition coefficient (Wildman–Crippen LogP) is 1.62. The van der Waals surface area contributed by atoms with Crippen molar-refractivity contribution in [2.75, 3.05) is 19.6 Å². The van der Waals surface area contributed by atoms with Crippen LogP contribution in [-0.2, 0) is 0 Å². The molecule has 1 saturated carbocycles. The SMILES string of the molecule is CC(C)CN1CC(NC(=O)c2cc(C3CC3)on2)C1. The van der Waals surface area contributed by atoms with Gasteiger partial charge in [0.2, 0.25) is 0 Å². The van der Waals surface area contributed by atoms with Crippen LogP contribution in [0.5, 0.6) is 0 Å². The van der Waals surface area contributed by atoms with Crippen LogP contribution < -0.4 is 5.32 Å². The maximum Gasteiger partial charge on any atom is 0.273 e. The van der Waals surface area contributed by atoms with Crippen LogP contribution >= 0.6 is 0 Å². The Labute approximate surface area is 113 Å². The van der Waals surface area contributed by atoms with Crippen molar-refractivity contribution in [3.63, 3.8) is 0 Å². The molecule has 1 amide bonds. The van der Waals surface area contributed by atoms with Crippen molar-refractivity contribution in [1.82, 2.24) is 15.4 Å². The minimum Gasteiger partial charge on any atom is -0.360 e. The molecule has 0 aromatic carbocycles. The van der Waals surface area contributed by atoms with Crippen LogP contribution in [-0.4, -0.2) is 41.6 Å². The summed E-state index contributed by atoms with van der Waals surface area (Å²) >= 11 is 0. The van der Waals surface area contributed by atoms with Crippen molar-refractivity contribution >= 4 is 5.91 Å². The van der Waals surface area contributed by atoms with Crippen LogP contribution in [0.25, 0.3) is 0 Å². The van der Waals surface area contributed by atoms with E-state index in [1.165, 1.54) is 0 Å². The normalized spacial score (nSPS) is 20.6. The Hall–Kier alpha value is -1.36. The van der Waals surface area contributed by atoms with Crippen molar-refractivity contribution in [2.24, 2.45) is 5.92 Å². The molecule has 0 spiro atoms. The van der Waals surface area contributed by atoms with Gasteiger partial charge in [0.25, 0.3) is 5.91 Å². The maximum atomic E-state index is 12.0. The minimum atomic E-state index is -0.107. The second-order valence-electron chi connectivity index (χ2n) is 6.17. The van der Waals surface area contributed by atoms with Crippen molar-refractivity contribution in [3.05, 3.63) is 17.5 Å². The average molecular weight is 263 g/mol. The van der Waals surface area contributed by atoms with E-state index in [0.29, 0.717) is 17.5 Å². The number of nitrogens with one attached hydrogen (secondary N) is 1. The van der Waals surface area contributed by atoms with Gasteiger partial charge in [-0.25, -0.2) is 0 Å². The number of hydrogen-bond donors (Lipinski definition) is 1. The van der Waals surface area contributed by atoms with Crippen LogP contribution in [0.4, 0.5) is 0 Å². The minimum absolute atomic E-state index is 0.107. The Balaban J connectivity index is 1.46. The first-order valence-electron chi connectivity index (χ1n) is 7.11. The second-order valence-corrected chi connectivity index (χ2v) is 6.17. The van der Waals surface area contributed by atoms with Crippen LogP contribution in [0, 0.1) is 5.92 Å². The third-order valence-electron chi connectivity index (χ3n) is 3.66. The quantitative estimate of drug-likeness (QED) is 0.877. The van der Waals surface area contributed by atoms with Gasteiger partial charge in [-0.2, -0.15) is 0 Å². The molecule has 1 aromatic rings. The standard InChI is InChI=1S/C14H21N3O2/c1-9(2)6-17-7-11(8-17)15-14(18)12-5-13(19-16-12)10-3-4-10/h5,9-11H,3-4,6-8H2,1-2H3,(H,15,18). The molecule has 1 saturated heterocycles. The van der Waals surface area contributed by atoms with E-state index in [9.17, 15) is 4.79 Å². The summed E-state index contributed by atoms with van der Waals surface area (Å²) in [6.45, 7) is 7.40. The van der Waals surface area contributed by atoms with Crippen LogP contribution in [0.1, 0.15) is 48.9 Å². The zero-order chi connectivity index (χ0) is 13.4. The number of nitrogens with zero attached hydrogens (tertiary/aromatic N) is 2. The van der Waals surface area contributed by atoms with Gasteiger partial charge in [-0.1, -0.05) is 19.0 Å². The molecule has 2 aliphatic rings. The summed E-state index contributed by atoms with van der Waals surface area (Å²) in [4.78, 5) is 14.3. The summed E-state index contributed by atoms with van der Waals surface area (Å²) in [5, 5.41) is 6.86. The lowest BCUT2D eigenvalue weighted by Gasteiger charge is -2.40. The largest absolute Gasteiger partial charge is 0.360 e. The molecule has 2 heterocycles. The highest BCUT2D eigenvalue weighted by atomic mass is 16.5. The van der Waals surface area contributed by atoms with Gasteiger partial charge in [0, 0.05) is 31.6 Å². The molecule has 1 aliphatic carbocycles. The van der Waals surface area contributed by atoms with Gasteiger partial charge in [-0.3, -0.25) is 9.69 Å². The van der Waals surface area contributed by atoms with E-state index in [2.05, 4.69) is 29.2 Å². The van der Waals surface area contributed by atoms with Gasteiger partial charge >= 0.3 is 0 Å². The third kappa shape index (κ3) is 2.97. The predicted molar refractivity (Wildman–Crippen MR) is 71.0 cm³/mol. The maximum absolute atomic E-state index is 12.0. The zero-order valence-corrected chi connectivity index (χ0v) is 11.6.